The molecule has 0 radical (unpaired) electrons. The molecule has 15 heavy (non-hydrogen) atoms. The van der Waals surface area contributed by atoms with Crippen molar-refractivity contribution in [1.29, 1.82) is 0 Å². The number of nitrogen functional groups attached to an aromatic ring is 1. The lowest BCUT2D eigenvalue weighted by atomic mass is 10.5. The lowest BCUT2D eigenvalue weighted by Gasteiger charge is -2.05. The molecule has 0 aliphatic rings. The topological polar surface area (TPSA) is 73.8 Å². The molecule has 1 aromatic rings. The highest BCUT2D eigenvalue weighted by Gasteiger charge is 2.06. The van der Waals surface area contributed by atoms with E-state index in [4.69, 9.17) is 5.84 Å². The number of nitrogens with zero attached hydrogens (tertiary/aromatic N) is 3. The Morgan fingerprint density at radius 1 is 1.40 bits per heavy atom. The van der Waals surface area contributed by atoms with E-state index in [0.717, 1.165) is 22.6 Å². The molecular weight excluding hydrogens is 232 g/mol. The minimum atomic E-state index is -0.280. The predicted molar refractivity (Wildman–Crippen MR) is 64.9 cm³/mol. The molecule has 1 aromatic heterocycles. The van der Waals surface area contributed by atoms with Crippen LogP contribution in [-0.4, -0.2) is 32.6 Å². The zero-order valence-electron chi connectivity index (χ0n) is 8.77. The highest BCUT2D eigenvalue weighted by Crippen LogP contribution is 2.13. The number of hydrogen-bond acceptors (Lipinski definition) is 6. The van der Waals surface area contributed by atoms with E-state index < -0.39 is 0 Å². The van der Waals surface area contributed by atoms with Crippen LogP contribution in [0, 0.1) is 6.92 Å². The summed E-state index contributed by atoms with van der Waals surface area (Å²) in [5.74, 6) is 7.57. The first-order chi connectivity index (χ1) is 7.16. The van der Waals surface area contributed by atoms with Crippen molar-refractivity contribution >= 4 is 23.5 Å². The van der Waals surface area contributed by atoms with Crippen LogP contribution in [0.3, 0.4) is 0 Å². The van der Waals surface area contributed by atoms with E-state index in [9.17, 15) is 4.79 Å². The molecule has 2 N–H and O–H groups in total. The maximum absolute atomic E-state index is 11.4. The average Bonchev–Trinajstić information content (AvgIpc) is 2.24. The summed E-state index contributed by atoms with van der Waals surface area (Å²) >= 11 is 3.26. The zero-order valence-corrected chi connectivity index (χ0v) is 10.4. The molecular formula is C8H14N4OS2. The van der Waals surface area contributed by atoms with E-state index >= 15 is 0 Å². The van der Waals surface area contributed by atoms with Gasteiger partial charge in [-0.2, -0.15) is 16.4 Å². The Labute approximate surface area is 96.8 Å². The molecule has 5 nitrogen and oxygen atoms in total. The average molecular weight is 246 g/mol. The van der Waals surface area contributed by atoms with Gasteiger partial charge in [0.1, 0.15) is 5.69 Å². The van der Waals surface area contributed by atoms with Crippen LogP contribution in [0.1, 0.15) is 12.1 Å². The van der Waals surface area contributed by atoms with Crippen molar-refractivity contribution in [1.82, 2.24) is 14.9 Å². The van der Waals surface area contributed by atoms with Crippen molar-refractivity contribution in [2.45, 2.75) is 18.5 Å². The van der Waals surface area contributed by atoms with Crippen molar-refractivity contribution in [3.05, 3.63) is 16.0 Å². The Kier molecular flexibility index (Phi) is 4.97. The molecule has 0 unspecified atom stereocenters. The molecule has 1 rings (SSSR count). The molecule has 0 spiro atoms. The first-order valence-electron chi connectivity index (χ1n) is 4.50. The summed E-state index contributed by atoms with van der Waals surface area (Å²) < 4.78 is 1.06. The molecule has 7 heteroatoms. The molecule has 0 amide bonds. The van der Waals surface area contributed by atoms with Crippen LogP contribution in [-0.2, 0) is 0 Å². The van der Waals surface area contributed by atoms with Crippen LogP contribution in [0.5, 0.6) is 0 Å². The van der Waals surface area contributed by atoms with Crippen LogP contribution in [0.4, 0.5) is 0 Å². The van der Waals surface area contributed by atoms with Crippen molar-refractivity contribution in [2.24, 2.45) is 0 Å². The quantitative estimate of drug-likeness (QED) is 0.463. The van der Waals surface area contributed by atoms with Gasteiger partial charge in [-0.15, -0.1) is 10.2 Å². The Morgan fingerprint density at radius 3 is 2.80 bits per heavy atom. The van der Waals surface area contributed by atoms with Crippen LogP contribution in [0.15, 0.2) is 9.95 Å². The predicted octanol–water partition coefficient (Wildman–Crippen LogP) is 0.506. The number of aryl methyl sites for hydroxylation is 1. The third kappa shape index (κ3) is 3.42. The summed E-state index contributed by atoms with van der Waals surface area (Å²) in [6, 6.07) is 0. The van der Waals surface area contributed by atoms with Gasteiger partial charge in [-0.05, 0) is 25.4 Å². The minimum absolute atomic E-state index is 0.280. The third-order valence-electron chi connectivity index (χ3n) is 1.74. The van der Waals surface area contributed by atoms with Crippen molar-refractivity contribution in [2.75, 3.05) is 23.6 Å². The summed E-state index contributed by atoms with van der Waals surface area (Å²) in [6.07, 6.45) is 3.13. The summed E-state index contributed by atoms with van der Waals surface area (Å²) in [5, 5.41) is 8.11. The zero-order chi connectivity index (χ0) is 11.3. The van der Waals surface area contributed by atoms with Crippen LogP contribution in [0.25, 0.3) is 0 Å². The summed E-state index contributed by atoms with van der Waals surface area (Å²) in [7, 11) is 0. The van der Waals surface area contributed by atoms with Crippen molar-refractivity contribution in [3.63, 3.8) is 0 Å². The number of thioether (sulfide) groups is 2. The van der Waals surface area contributed by atoms with E-state index in [1.54, 1.807) is 18.7 Å². The molecule has 1 heterocycles. The van der Waals surface area contributed by atoms with Gasteiger partial charge in [-0.1, -0.05) is 11.8 Å². The Morgan fingerprint density at radius 2 is 2.13 bits per heavy atom. The van der Waals surface area contributed by atoms with Gasteiger partial charge >= 0.3 is 0 Å². The fourth-order valence-electron chi connectivity index (χ4n) is 0.935. The fraction of sp³-hybridized carbons (Fsp3) is 0.625. The first-order valence-corrected chi connectivity index (χ1v) is 6.88. The first kappa shape index (κ1) is 12.4. The number of hydrogen-bond donors (Lipinski definition) is 1. The highest BCUT2D eigenvalue weighted by molar-refractivity contribution is 7.99. The summed E-state index contributed by atoms with van der Waals surface area (Å²) in [4.78, 5) is 11.4. The summed E-state index contributed by atoms with van der Waals surface area (Å²) in [5.41, 5.74) is 0.0448. The van der Waals surface area contributed by atoms with Gasteiger partial charge in [0.25, 0.3) is 5.56 Å². The van der Waals surface area contributed by atoms with Crippen LogP contribution < -0.4 is 11.4 Å². The van der Waals surface area contributed by atoms with Crippen molar-refractivity contribution in [3.8, 4) is 0 Å². The molecule has 0 aromatic carbocycles. The molecule has 0 bridgehead atoms. The largest absolute Gasteiger partial charge is 0.334 e. The second-order valence-electron chi connectivity index (χ2n) is 2.94. The molecule has 84 valence electrons. The normalized spacial score (nSPS) is 10.5. The Balaban J connectivity index is 2.62. The smallest absolute Gasteiger partial charge is 0.294 e. The van der Waals surface area contributed by atoms with E-state index in [0.29, 0.717) is 10.9 Å². The van der Waals surface area contributed by atoms with Gasteiger partial charge in [0.15, 0.2) is 0 Å². The third-order valence-corrected chi connectivity index (χ3v) is 3.47. The highest BCUT2D eigenvalue weighted by atomic mass is 32.2. The molecule has 0 aliphatic heterocycles. The minimum Gasteiger partial charge on any atom is -0.334 e. The van der Waals surface area contributed by atoms with Gasteiger partial charge < -0.3 is 5.84 Å². The second-order valence-corrected chi connectivity index (χ2v) is 4.99. The molecule has 0 fully saturated rings. The van der Waals surface area contributed by atoms with Gasteiger partial charge in [0, 0.05) is 5.75 Å². The lowest BCUT2D eigenvalue weighted by molar-refractivity contribution is 0.681. The number of nitrogens with two attached hydrogens (primary N) is 1. The van der Waals surface area contributed by atoms with Crippen molar-refractivity contribution < 1.29 is 0 Å². The van der Waals surface area contributed by atoms with Gasteiger partial charge in [-0.3, -0.25) is 4.79 Å². The van der Waals surface area contributed by atoms with Crippen LogP contribution in [0.2, 0.25) is 0 Å². The SMILES string of the molecule is CSCCCSc1nnc(C)c(=O)n1N. The molecule has 0 saturated carbocycles. The number of aromatic nitrogens is 3. The lowest BCUT2D eigenvalue weighted by Crippen LogP contribution is -2.32. The van der Waals surface area contributed by atoms with E-state index in [2.05, 4.69) is 16.5 Å². The molecule has 0 atom stereocenters. The Hall–Kier alpha value is -0.690. The monoisotopic (exact) mass is 246 g/mol. The molecule has 0 aliphatic carbocycles. The second kappa shape index (κ2) is 6.02. The van der Waals surface area contributed by atoms with E-state index in [1.165, 1.54) is 11.8 Å². The van der Waals surface area contributed by atoms with E-state index in [1.807, 2.05) is 0 Å². The molecule has 0 saturated heterocycles. The summed E-state index contributed by atoms with van der Waals surface area (Å²) in [6.45, 7) is 1.60. The van der Waals surface area contributed by atoms with Gasteiger partial charge in [0.2, 0.25) is 5.16 Å². The van der Waals surface area contributed by atoms with Gasteiger partial charge in [0.05, 0.1) is 0 Å². The standard InChI is InChI=1S/C8H14N4OS2/c1-6-7(13)12(9)8(11-10-6)15-5-3-4-14-2/h3-5,9H2,1-2H3. The maximum Gasteiger partial charge on any atom is 0.294 e. The van der Waals surface area contributed by atoms with E-state index in [-0.39, 0.29) is 5.56 Å². The van der Waals surface area contributed by atoms with Crippen LogP contribution >= 0.6 is 23.5 Å². The maximum atomic E-state index is 11.4. The Bertz CT molecular complexity index is 379. The number of rotatable bonds is 5. The van der Waals surface area contributed by atoms with Gasteiger partial charge in [-0.25, -0.2) is 0 Å². The fourth-order valence-corrected chi connectivity index (χ4v) is 2.34.